The van der Waals surface area contributed by atoms with Crippen LogP contribution in [0.4, 0.5) is 0 Å². The fourth-order valence-corrected chi connectivity index (χ4v) is 4.32. The molecule has 2 atom stereocenters. The van der Waals surface area contributed by atoms with Gasteiger partial charge in [-0.1, -0.05) is 12.8 Å². The van der Waals surface area contributed by atoms with Crippen molar-refractivity contribution < 1.29 is 24.6 Å². The van der Waals surface area contributed by atoms with Crippen LogP contribution in [0, 0.1) is 21.4 Å². The Bertz CT molecular complexity index is 884. The van der Waals surface area contributed by atoms with Crippen LogP contribution in [0.15, 0.2) is 18.2 Å². The highest BCUT2D eigenvalue weighted by molar-refractivity contribution is 5.80. The molecule has 2 heterocycles. The Hall–Kier alpha value is -2.90. The summed E-state index contributed by atoms with van der Waals surface area (Å²) in [5, 5.41) is 29.7. The third kappa shape index (κ3) is 5.47. The molecular weight excluding hydrogens is 416 g/mol. The molecule has 174 valence electrons. The Morgan fingerprint density at radius 1 is 1.31 bits per heavy atom. The minimum atomic E-state index is -0.930. The minimum Gasteiger partial charge on any atom is -0.485 e. The van der Waals surface area contributed by atoms with Crippen LogP contribution in [-0.4, -0.2) is 70.4 Å². The van der Waals surface area contributed by atoms with E-state index < -0.39 is 22.8 Å². The Labute approximate surface area is 187 Å². The second kappa shape index (κ2) is 10.1. The van der Waals surface area contributed by atoms with Gasteiger partial charge in [-0.15, -0.1) is 10.1 Å². The number of nitriles is 1. The van der Waals surface area contributed by atoms with E-state index in [2.05, 4.69) is 15.8 Å². The van der Waals surface area contributed by atoms with Crippen molar-refractivity contribution in [3.63, 3.8) is 0 Å². The van der Waals surface area contributed by atoms with Gasteiger partial charge in [0.2, 0.25) is 5.91 Å². The second-order valence-corrected chi connectivity index (χ2v) is 8.79. The summed E-state index contributed by atoms with van der Waals surface area (Å²) < 4.78 is 5.96. The molecule has 10 nitrogen and oxygen atoms in total. The Morgan fingerprint density at radius 2 is 2.06 bits per heavy atom. The molecule has 1 aromatic carbocycles. The van der Waals surface area contributed by atoms with E-state index in [9.17, 15) is 25.3 Å². The Balaban J connectivity index is 1.59. The van der Waals surface area contributed by atoms with Gasteiger partial charge in [0.1, 0.15) is 17.5 Å². The van der Waals surface area contributed by atoms with E-state index in [0.29, 0.717) is 36.4 Å². The molecule has 1 aromatic rings. The zero-order valence-corrected chi connectivity index (χ0v) is 18.5. The highest BCUT2D eigenvalue weighted by atomic mass is 16.9. The summed E-state index contributed by atoms with van der Waals surface area (Å²) in [7, 11) is 0. The van der Waals surface area contributed by atoms with Gasteiger partial charge >= 0.3 is 0 Å². The largest absolute Gasteiger partial charge is 0.485 e. The molecule has 1 amide bonds. The molecule has 32 heavy (non-hydrogen) atoms. The van der Waals surface area contributed by atoms with E-state index in [1.54, 1.807) is 36.9 Å². The molecular formula is C22H30N4O6. The van der Waals surface area contributed by atoms with E-state index in [4.69, 9.17) is 4.74 Å². The number of carbonyl (C=O) groups is 1. The van der Waals surface area contributed by atoms with Gasteiger partial charge in [-0.3, -0.25) is 9.69 Å². The average Bonchev–Trinajstić information content (AvgIpc) is 2.74. The van der Waals surface area contributed by atoms with Crippen LogP contribution in [0.1, 0.15) is 56.7 Å². The predicted octanol–water partition coefficient (Wildman–Crippen LogP) is 2.04. The molecule has 0 aromatic heterocycles. The number of aliphatic hydroxyl groups is 1. The number of benzene rings is 1. The van der Waals surface area contributed by atoms with E-state index in [-0.39, 0.29) is 19.1 Å². The van der Waals surface area contributed by atoms with Crippen molar-refractivity contribution in [2.75, 3.05) is 32.8 Å². The maximum atomic E-state index is 13.0. The highest BCUT2D eigenvalue weighted by Gasteiger charge is 2.47. The molecule has 0 radical (unpaired) electrons. The molecule has 0 unspecified atom stereocenters. The van der Waals surface area contributed by atoms with Gasteiger partial charge in [-0.05, 0) is 51.4 Å². The number of hydrogen-bond donors (Lipinski definition) is 1. The fraction of sp³-hybridized carbons (Fsp3) is 0.636. The van der Waals surface area contributed by atoms with Gasteiger partial charge < -0.3 is 19.6 Å². The molecule has 0 aliphatic carbocycles. The van der Waals surface area contributed by atoms with E-state index in [1.807, 2.05) is 0 Å². The van der Waals surface area contributed by atoms with Crippen molar-refractivity contribution in [1.29, 1.82) is 5.26 Å². The average molecular weight is 447 g/mol. The normalized spacial score (nSPS) is 22.6. The molecule has 0 spiro atoms. The zero-order chi connectivity index (χ0) is 23.3. The number of unbranched alkanes of at least 4 members (excludes halogenated alkanes) is 3. The molecule has 3 rings (SSSR count). The third-order valence-electron chi connectivity index (χ3n) is 6.08. The number of aliphatic hydroxyl groups excluding tert-OH is 1. The fourth-order valence-electron chi connectivity index (χ4n) is 4.32. The van der Waals surface area contributed by atoms with Crippen LogP contribution in [-0.2, 0) is 9.63 Å². The third-order valence-corrected chi connectivity index (χ3v) is 6.08. The molecule has 1 N–H and O–H groups in total. The van der Waals surface area contributed by atoms with Crippen molar-refractivity contribution >= 4 is 5.91 Å². The number of ether oxygens (including phenoxy) is 1. The van der Waals surface area contributed by atoms with Crippen molar-refractivity contribution in [2.45, 2.75) is 57.3 Å². The van der Waals surface area contributed by atoms with E-state index >= 15 is 0 Å². The van der Waals surface area contributed by atoms with E-state index in [1.165, 1.54) is 0 Å². The number of hydrogen-bond acceptors (Lipinski definition) is 8. The highest BCUT2D eigenvalue weighted by Crippen LogP contribution is 2.43. The van der Waals surface area contributed by atoms with Gasteiger partial charge in [0.05, 0.1) is 30.8 Å². The van der Waals surface area contributed by atoms with Crippen LogP contribution in [0.25, 0.3) is 0 Å². The van der Waals surface area contributed by atoms with Crippen molar-refractivity contribution in [3.05, 3.63) is 39.4 Å². The summed E-state index contributed by atoms with van der Waals surface area (Å²) in [5.74, 6) is 0.520. The lowest BCUT2D eigenvalue weighted by atomic mass is 9.84. The van der Waals surface area contributed by atoms with Crippen LogP contribution in [0.3, 0.4) is 0 Å². The quantitative estimate of drug-likeness (QED) is 0.347. The number of piperazine rings is 1. The van der Waals surface area contributed by atoms with E-state index in [0.717, 1.165) is 25.8 Å². The van der Waals surface area contributed by atoms with Gasteiger partial charge in [-0.25, -0.2) is 0 Å². The minimum absolute atomic E-state index is 0.0642. The lowest BCUT2D eigenvalue weighted by molar-refractivity contribution is -0.757. The maximum Gasteiger partial charge on any atom is 0.294 e. The van der Waals surface area contributed by atoms with Crippen LogP contribution in [0.5, 0.6) is 5.75 Å². The SMILES string of the molecule is CC1(C)Oc2ccc(C#N)cc2[C@@H](N2CCN(CCCCCCO[N+](=O)[O-])CC2=O)[C@@H]1O. The van der Waals surface area contributed by atoms with Gasteiger partial charge in [0.15, 0.2) is 0 Å². The molecule has 1 saturated heterocycles. The first-order valence-corrected chi connectivity index (χ1v) is 10.9. The number of rotatable bonds is 9. The number of amides is 1. The molecule has 2 aliphatic heterocycles. The monoisotopic (exact) mass is 446 g/mol. The van der Waals surface area contributed by atoms with Gasteiger partial charge in [0.25, 0.3) is 5.09 Å². The lowest BCUT2D eigenvalue weighted by Crippen LogP contribution is -2.59. The first kappa shape index (κ1) is 23.8. The van der Waals surface area contributed by atoms with Crippen molar-refractivity contribution in [2.24, 2.45) is 0 Å². The molecule has 0 saturated carbocycles. The summed E-state index contributed by atoms with van der Waals surface area (Å²) in [6.07, 6.45) is 2.35. The summed E-state index contributed by atoms with van der Waals surface area (Å²) in [6, 6.07) is 6.64. The molecule has 1 fully saturated rings. The van der Waals surface area contributed by atoms with Gasteiger partial charge in [0, 0.05) is 18.7 Å². The second-order valence-electron chi connectivity index (χ2n) is 8.79. The lowest BCUT2D eigenvalue weighted by Gasteiger charge is -2.48. The van der Waals surface area contributed by atoms with Crippen LogP contribution < -0.4 is 4.74 Å². The molecule has 10 heteroatoms. The Morgan fingerprint density at radius 3 is 2.75 bits per heavy atom. The smallest absolute Gasteiger partial charge is 0.294 e. The summed E-state index contributed by atoms with van der Waals surface area (Å²) in [4.78, 5) is 31.3. The summed E-state index contributed by atoms with van der Waals surface area (Å²) in [5.41, 5.74) is 0.246. The summed E-state index contributed by atoms with van der Waals surface area (Å²) >= 11 is 0. The zero-order valence-electron chi connectivity index (χ0n) is 18.5. The standard InChI is InChI=1S/C22H30N4O6/c1-22(2)21(28)20(17-13-16(14-23)7-8-18(17)32-22)25-11-10-24(15-19(25)27)9-5-3-4-6-12-31-26(29)30/h7-8,13,20-21,28H,3-6,9-12,15H2,1-2H3/t20-,21+/m1/s1. The predicted molar refractivity (Wildman–Crippen MR) is 114 cm³/mol. The Kier molecular flexibility index (Phi) is 7.53. The molecule has 2 aliphatic rings. The topological polar surface area (TPSA) is 129 Å². The number of fused-ring (bicyclic) bond motifs is 1. The maximum absolute atomic E-state index is 13.0. The number of carbonyl (C=O) groups excluding carboxylic acids is 1. The van der Waals surface area contributed by atoms with Crippen LogP contribution >= 0.6 is 0 Å². The number of nitrogens with zero attached hydrogens (tertiary/aromatic N) is 4. The first-order valence-electron chi connectivity index (χ1n) is 10.9. The van der Waals surface area contributed by atoms with Crippen LogP contribution in [0.2, 0.25) is 0 Å². The van der Waals surface area contributed by atoms with Gasteiger partial charge in [-0.2, -0.15) is 5.26 Å². The van der Waals surface area contributed by atoms with Crippen molar-refractivity contribution in [3.8, 4) is 11.8 Å². The summed E-state index contributed by atoms with van der Waals surface area (Å²) in [6.45, 7) is 5.90. The first-order chi connectivity index (χ1) is 15.2. The van der Waals surface area contributed by atoms with Crippen molar-refractivity contribution in [1.82, 2.24) is 9.80 Å². The molecule has 0 bridgehead atoms.